The molecule has 0 bridgehead atoms. The maximum atomic E-state index is 9.57. The molecule has 0 aliphatic carbocycles. The Kier molecular flexibility index (Phi) is 1.99. The lowest BCUT2D eigenvalue weighted by Crippen LogP contribution is -2.41. The third-order valence-electron chi connectivity index (χ3n) is 1.93. The molecule has 1 N–H and O–H groups in total. The fraction of sp³-hybridized carbons (Fsp3) is 1.00. The highest BCUT2D eigenvalue weighted by Gasteiger charge is 2.43. The summed E-state index contributed by atoms with van der Waals surface area (Å²) in [5, 5.41) is 9.57. The molecule has 1 aliphatic heterocycles. The van der Waals surface area contributed by atoms with Crippen molar-refractivity contribution in [2.75, 3.05) is 13.7 Å². The van der Waals surface area contributed by atoms with Crippen molar-refractivity contribution >= 4 is 0 Å². The first-order chi connectivity index (χ1) is 4.58. The lowest BCUT2D eigenvalue weighted by molar-refractivity contribution is -0.0572. The van der Waals surface area contributed by atoms with Gasteiger partial charge in [-0.2, -0.15) is 0 Å². The number of methoxy groups -OCH3 is 1. The summed E-state index contributed by atoms with van der Waals surface area (Å²) >= 11 is 0. The number of hydrogen-bond acceptors (Lipinski definition) is 3. The Morgan fingerprint density at radius 2 is 2.30 bits per heavy atom. The first-order valence-electron chi connectivity index (χ1n) is 3.44. The molecule has 0 aromatic rings. The van der Waals surface area contributed by atoms with E-state index in [9.17, 15) is 5.11 Å². The van der Waals surface area contributed by atoms with Gasteiger partial charge < -0.3 is 14.6 Å². The fourth-order valence-electron chi connectivity index (χ4n) is 1.42. The lowest BCUT2D eigenvalue weighted by atomic mass is 10.00. The summed E-state index contributed by atoms with van der Waals surface area (Å²) in [6.45, 7) is 3.99. The predicted octanol–water partition coefficient (Wildman–Crippen LogP) is 0.171. The molecule has 0 amide bonds. The molecule has 0 aromatic heterocycles. The number of rotatable bonds is 1. The average Bonchev–Trinajstić information content (AvgIpc) is 2.07. The third kappa shape index (κ3) is 1.17. The Hall–Kier alpha value is -0.120. The van der Waals surface area contributed by atoms with Gasteiger partial charge in [0.1, 0.15) is 11.7 Å². The van der Waals surface area contributed by atoms with Gasteiger partial charge in [-0.15, -0.1) is 0 Å². The zero-order valence-electron chi connectivity index (χ0n) is 6.63. The average molecular weight is 146 g/mol. The van der Waals surface area contributed by atoms with Crippen LogP contribution >= 0.6 is 0 Å². The van der Waals surface area contributed by atoms with Crippen LogP contribution in [0, 0.1) is 0 Å². The van der Waals surface area contributed by atoms with Gasteiger partial charge in [0.05, 0.1) is 12.7 Å². The van der Waals surface area contributed by atoms with E-state index in [4.69, 9.17) is 9.47 Å². The summed E-state index contributed by atoms with van der Waals surface area (Å²) in [6.07, 6.45) is -0.188. The van der Waals surface area contributed by atoms with Crippen molar-refractivity contribution in [1.82, 2.24) is 0 Å². The summed E-state index contributed by atoms with van der Waals surface area (Å²) in [7, 11) is 1.59. The first-order valence-corrected chi connectivity index (χ1v) is 3.44. The first kappa shape index (κ1) is 7.98. The quantitative estimate of drug-likeness (QED) is 0.573. The largest absolute Gasteiger partial charge is 0.385 e. The van der Waals surface area contributed by atoms with Crippen LogP contribution < -0.4 is 0 Å². The van der Waals surface area contributed by atoms with Gasteiger partial charge in [0, 0.05) is 7.11 Å². The summed E-state index contributed by atoms with van der Waals surface area (Å²) in [5.74, 6) is 0. The van der Waals surface area contributed by atoms with E-state index in [0.29, 0.717) is 6.61 Å². The maximum Gasteiger partial charge on any atom is 0.114 e. The Labute approximate surface area is 60.9 Å². The van der Waals surface area contributed by atoms with E-state index < -0.39 is 5.60 Å². The van der Waals surface area contributed by atoms with Crippen molar-refractivity contribution in [3.05, 3.63) is 0 Å². The van der Waals surface area contributed by atoms with Crippen LogP contribution in [0.2, 0.25) is 0 Å². The van der Waals surface area contributed by atoms with E-state index in [0.717, 1.165) is 0 Å². The molecule has 3 heteroatoms. The molecule has 1 heterocycles. The van der Waals surface area contributed by atoms with E-state index >= 15 is 0 Å². The molecule has 0 spiro atoms. The van der Waals surface area contributed by atoms with E-state index in [2.05, 4.69) is 0 Å². The second-order valence-electron chi connectivity index (χ2n) is 3.03. The molecule has 1 rings (SSSR count). The van der Waals surface area contributed by atoms with Crippen LogP contribution in [0.3, 0.4) is 0 Å². The summed E-state index contributed by atoms with van der Waals surface area (Å²) in [5.41, 5.74) is -0.811. The topological polar surface area (TPSA) is 38.7 Å². The molecule has 0 unspecified atom stereocenters. The van der Waals surface area contributed by atoms with Crippen LogP contribution in [-0.4, -0.2) is 36.6 Å². The van der Waals surface area contributed by atoms with Crippen molar-refractivity contribution in [3.63, 3.8) is 0 Å². The minimum Gasteiger partial charge on any atom is -0.385 e. The molecule has 0 saturated carbocycles. The van der Waals surface area contributed by atoms with Crippen LogP contribution in [-0.2, 0) is 9.47 Å². The monoisotopic (exact) mass is 146 g/mol. The SMILES string of the molecule is CO[C@H]1[C@@H](C)OC[C@@]1(C)O. The van der Waals surface area contributed by atoms with E-state index in [-0.39, 0.29) is 12.2 Å². The van der Waals surface area contributed by atoms with Crippen molar-refractivity contribution < 1.29 is 14.6 Å². The number of aliphatic hydroxyl groups is 1. The van der Waals surface area contributed by atoms with Crippen molar-refractivity contribution in [3.8, 4) is 0 Å². The highest BCUT2D eigenvalue weighted by Crippen LogP contribution is 2.25. The van der Waals surface area contributed by atoms with E-state index in [1.807, 2.05) is 6.92 Å². The van der Waals surface area contributed by atoms with Crippen LogP contribution in [0.15, 0.2) is 0 Å². The van der Waals surface area contributed by atoms with Crippen LogP contribution in [0.5, 0.6) is 0 Å². The molecule has 0 radical (unpaired) electrons. The van der Waals surface area contributed by atoms with Crippen molar-refractivity contribution in [1.29, 1.82) is 0 Å². The Balaban J connectivity index is 2.63. The Bertz CT molecular complexity index is 122. The number of hydrogen-bond donors (Lipinski definition) is 1. The molecule has 1 saturated heterocycles. The van der Waals surface area contributed by atoms with Gasteiger partial charge in [-0.05, 0) is 13.8 Å². The molecule has 10 heavy (non-hydrogen) atoms. The van der Waals surface area contributed by atoms with Gasteiger partial charge in [-0.1, -0.05) is 0 Å². The fourth-order valence-corrected chi connectivity index (χ4v) is 1.42. The molecular weight excluding hydrogens is 132 g/mol. The highest BCUT2D eigenvalue weighted by atomic mass is 16.6. The van der Waals surface area contributed by atoms with Gasteiger partial charge >= 0.3 is 0 Å². The molecule has 1 fully saturated rings. The van der Waals surface area contributed by atoms with Crippen molar-refractivity contribution in [2.45, 2.75) is 31.7 Å². The molecular formula is C7H14O3. The zero-order chi connectivity index (χ0) is 7.78. The highest BCUT2D eigenvalue weighted by molar-refractivity contribution is 4.92. The molecule has 3 nitrogen and oxygen atoms in total. The standard InChI is InChI=1S/C7H14O3/c1-5-6(9-3)7(2,8)4-10-5/h5-6,8H,4H2,1-3H3/t5-,6+,7-/m1/s1. The molecule has 1 aliphatic rings. The summed E-state index contributed by atoms with van der Waals surface area (Å²) < 4.78 is 10.3. The lowest BCUT2D eigenvalue weighted by Gasteiger charge is -2.23. The summed E-state index contributed by atoms with van der Waals surface area (Å²) in [4.78, 5) is 0. The van der Waals surface area contributed by atoms with Crippen molar-refractivity contribution in [2.24, 2.45) is 0 Å². The molecule has 60 valence electrons. The van der Waals surface area contributed by atoms with Crippen LogP contribution in [0.25, 0.3) is 0 Å². The molecule has 3 atom stereocenters. The van der Waals surface area contributed by atoms with E-state index in [1.54, 1.807) is 14.0 Å². The van der Waals surface area contributed by atoms with E-state index in [1.165, 1.54) is 0 Å². The smallest absolute Gasteiger partial charge is 0.114 e. The minimum atomic E-state index is -0.811. The Morgan fingerprint density at radius 3 is 2.50 bits per heavy atom. The van der Waals surface area contributed by atoms with Gasteiger partial charge in [0.25, 0.3) is 0 Å². The second-order valence-corrected chi connectivity index (χ2v) is 3.03. The van der Waals surface area contributed by atoms with Gasteiger partial charge in [-0.25, -0.2) is 0 Å². The van der Waals surface area contributed by atoms with Gasteiger partial charge in [0.15, 0.2) is 0 Å². The van der Waals surface area contributed by atoms with Crippen LogP contribution in [0.4, 0.5) is 0 Å². The zero-order valence-corrected chi connectivity index (χ0v) is 6.63. The third-order valence-corrected chi connectivity index (χ3v) is 1.93. The van der Waals surface area contributed by atoms with Gasteiger partial charge in [0.2, 0.25) is 0 Å². The summed E-state index contributed by atoms with van der Waals surface area (Å²) in [6, 6.07) is 0. The Morgan fingerprint density at radius 1 is 1.70 bits per heavy atom. The van der Waals surface area contributed by atoms with Gasteiger partial charge in [-0.3, -0.25) is 0 Å². The predicted molar refractivity (Wildman–Crippen MR) is 36.8 cm³/mol. The second kappa shape index (κ2) is 2.49. The maximum absolute atomic E-state index is 9.57. The number of ether oxygens (including phenoxy) is 2. The normalized spacial score (nSPS) is 48.0. The minimum absolute atomic E-state index is 0.000000000000000444. The van der Waals surface area contributed by atoms with Crippen LogP contribution in [0.1, 0.15) is 13.8 Å². The molecule has 0 aromatic carbocycles.